The number of ether oxygens (including phenoxy) is 1. The van der Waals surface area contributed by atoms with Crippen LogP contribution >= 0.6 is 11.3 Å². The fourth-order valence-corrected chi connectivity index (χ4v) is 2.87. The van der Waals surface area contributed by atoms with Gasteiger partial charge in [-0.15, -0.1) is 11.3 Å². The van der Waals surface area contributed by atoms with E-state index in [2.05, 4.69) is 16.3 Å². The molecule has 0 aliphatic carbocycles. The summed E-state index contributed by atoms with van der Waals surface area (Å²) in [6.07, 6.45) is 4.21. The number of pyridine rings is 1. The van der Waals surface area contributed by atoms with Crippen LogP contribution in [0.2, 0.25) is 0 Å². The first-order valence-electron chi connectivity index (χ1n) is 6.38. The summed E-state index contributed by atoms with van der Waals surface area (Å²) in [7, 11) is 1.31. The predicted octanol–water partition coefficient (Wildman–Crippen LogP) is 1.77. The van der Waals surface area contributed by atoms with Crippen molar-refractivity contribution in [3.8, 4) is 11.3 Å². The first-order valence-corrected chi connectivity index (χ1v) is 7.26. The van der Waals surface area contributed by atoms with Gasteiger partial charge in [0, 0.05) is 23.8 Å². The maximum Gasteiger partial charge on any atom is 0.341 e. The lowest BCUT2D eigenvalue weighted by atomic mass is 10.1. The number of nitrogens with one attached hydrogen (secondary N) is 1. The van der Waals surface area contributed by atoms with Gasteiger partial charge in [-0.05, 0) is 17.9 Å². The molecular formula is C14H13N3O3S. The number of H-pyrrole nitrogens is 1. The average Bonchev–Trinajstić information content (AvgIpc) is 3.14. The molecule has 2 aliphatic rings. The van der Waals surface area contributed by atoms with Crippen LogP contribution in [0.1, 0.15) is 15.2 Å². The minimum absolute atomic E-state index is 0.291. The molecule has 0 bridgehead atoms. The number of carbonyl (C=O) groups excluding carboxylic acids is 1. The van der Waals surface area contributed by atoms with Gasteiger partial charge in [0.1, 0.15) is 11.3 Å². The molecular weight excluding hydrogens is 290 g/mol. The van der Waals surface area contributed by atoms with Gasteiger partial charge in [-0.1, -0.05) is 6.07 Å². The third kappa shape index (κ3) is 2.59. The Kier molecular flexibility index (Phi) is 3.57. The Morgan fingerprint density at radius 2 is 2.33 bits per heavy atom. The Labute approximate surface area is 124 Å². The number of nitrogens with zero attached hydrogens (tertiary/aromatic N) is 2. The Balaban J connectivity index is 1.98. The van der Waals surface area contributed by atoms with Gasteiger partial charge in [-0.3, -0.25) is 4.79 Å². The molecule has 3 rings (SSSR count). The molecule has 6 nitrogen and oxygen atoms in total. The second-order valence-corrected chi connectivity index (χ2v) is 5.58. The largest absolute Gasteiger partial charge is 0.465 e. The van der Waals surface area contributed by atoms with Gasteiger partial charge in [-0.2, -0.15) is 5.10 Å². The first-order chi connectivity index (χ1) is 10.2. The first kappa shape index (κ1) is 13.6. The Morgan fingerprint density at radius 1 is 1.48 bits per heavy atom. The molecule has 7 heteroatoms. The fourth-order valence-electron chi connectivity index (χ4n) is 2.17. The summed E-state index contributed by atoms with van der Waals surface area (Å²) in [6, 6.07) is 4.06. The molecule has 1 N–H and O–H groups in total. The van der Waals surface area contributed by atoms with Gasteiger partial charge in [0.2, 0.25) is 0 Å². The highest BCUT2D eigenvalue weighted by molar-refractivity contribution is 7.09. The molecule has 0 saturated heterocycles. The zero-order valence-electron chi connectivity index (χ0n) is 11.3. The summed E-state index contributed by atoms with van der Waals surface area (Å²) in [5.41, 5.74) is 0.725. The van der Waals surface area contributed by atoms with Crippen molar-refractivity contribution in [2.75, 3.05) is 7.11 Å². The molecule has 0 aromatic carbocycles. The van der Waals surface area contributed by atoms with Gasteiger partial charge >= 0.3 is 5.97 Å². The lowest BCUT2D eigenvalue weighted by molar-refractivity contribution is 0.0600. The van der Waals surface area contributed by atoms with Crippen LogP contribution in [0.4, 0.5) is 0 Å². The molecule has 1 aromatic rings. The molecule has 0 radical (unpaired) electrons. The standard InChI is InChI=1S/C14H13N3O3S/c1-20-14(19)11-8-17(5-4-9-3-2-6-21-9)7-10-12(11)15-16-13(10)18/h2-3,6-8H,4-5H2,1H3,(H,16,18). The van der Waals surface area contributed by atoms with E-state index in [1.54, 1.807) is 23.7 Å². The lowest BCUT2D eigenvalue weighted by Gasteiger charge is -2.11. The van der Waals surface area contributed by atoms with E-state index in [0.717, 1.165) is 6.42 Å². The van der Waals surface area contributed by atoms with E-state index < -0.39 is 5.97 Å². The average molecular weight is 303 g/mol. The molecule has 0 saturated carbocycles. The Hall–Kier alpha value is -2.41. The minimum Gasteiger partial charge on any atom is -0.465 e. The van der Waals surface area contributed by atoms with Crippen molar-refractivity contribution in [1.29, 1.82) is 0 Å². The number of hydrogen-bond donors (Lipinski definition) is 1. The summed E-state index contributed by atoms with van der Waals surface area (Å²) in [5, 5.41) is 8.28. The van der Waals surface area contributed by atoms with E-state index in [9.17, 15) is 9.59 Å². The summed E-state index contributed by atoms with van der Waals surface area (Å²) >= 11 is 1.68. The van der Waals surface area contributed by atoms with Gasteiger partial charge in [0.25, 0.3) is 5.56 Å². The van der Waals surface area contributed by atoms with Crippen LogP contribution in [0.5, 0.6) is 0 Å². The smallest absolute Gasteiger partial charge is 0.341 e. The molecule has 0 amide bonds. The molecule has 0 fully saturated rings. The highest BCUT2D eigenvalue weighted by Crippen LogP contribution is 2.21. The van der Waals surface area contributed by atoms with E-state index in [0.29, 0.717) is 23.4 Å². The monoisotopic (exact) mass is 303 g/mol. The number of methoxy groups -OCH3 is 1. The van der Waals surface area contributed by atoms with Crippen LogP contribution in [0.25, 0.3) is 11.3 Å². The minimum atomic E-state index is -0.503. The van der Waals surface area contributed by atoms with Crippen molar-refractivity contribution in [1.82, 2.24) is 14.8 Å². The number of aryl methyl sites for hydroxylation is 2. The normalized spacial score (nSPS) is 10.9. The summed E-state index contributed by atoms with van der Waals surface area (Å²) in [4.78, 5) is 24.8. The van der Waals surface area contributed by atoms with Crippen molar-refractivity contribution in [3.05, 3.63) is 50.7 Å². The van der Waals surface area contributed by atoms with Crippen LogP contribution in [0.3, 0.4) is 0 Å². The van der Waals surface area contributed by atoms with E-state index in [4.69, 9.17) is 4.74 Å². The number of hydrogen-bond acceptors (Lipinski definition) is 5. The Morgan fingerprint density at radius 3 is 3.05 bits per heavy atom. The number of carbonyl (C=O) groups is 1. The zero-order chi connectivity index (χ0) is 14.8. The number of esters is 1. The van der Waals surface area contributed by atoms with Crippen molar-refractivity contribution in [2.24, 2.45) is 0 Å². The van der Waals surface area contributed by atoms with Crippen LogP contribution in [-0.2, 0) is 17.7 Å². The summed E-state index contributed by atoms with van der Waals surface area (Å²) in [6.45, 7) is 0.672. The summed E-state index contributed by atoms with van der Waals surface area (Å²) < 4.78 is 6.58. The quantitative estimate of drug-likeness (QED) is 0.745. The van der Waals surface area contributed by atoms with Gasteiger partial charge in [0.05, 0.1) is 12.7 Å². The second-order valence-electron chi connectivity index (χ2n) is 4.55. The third-order valence-electron chi connectivity index (χ3n) is 3.22. The fraction of sp³-hybridized carbons (Fsp3) is 0.214. The van der Waals surface area contributed by atoms with E-state index >= 15 is 0 Å². The number of aromatic nitrogens is 3. The van der Waals surface area contributed by atoms with Crippen molar-refractivity contribution in [2.45, 2.75) is 13.0 Å². The lowest BCUT2D eigenvalue weighted by Crippen LogP contribution is -2.12. The van der Waals surface area contributed by atoms with Crippen molar-refractivity contribution >= 4 is 17.3 Å². The molecule has 21 heavy (non-hydrogen) atoms. The number of thiophene rings is 1. The van der Waals surface area contributed by atoms with Crippen LogP contribution in [0.15, 0.2) is 34.7 Å². The molecule has 0 spiro atoms. The van der Waals surface area contributed by atoms with Gasteiger partial charge in [-0.25, -0.2) is 9.89 Å². The van der Waals surface area contributed by atoms with Crippen molar-refractivity contribution < 1.29 is 9.53 Å². The number of rotatable bonds is 4. The third-order valence-corrected chi connectivity index (χ3v) is 4.15. The molecule has 1 aromatic heterocycles. The highest BCUT2D eigenvalue weighted by atomic mass is 32.1. The SMILES string of the molecule is COC(=O)c1cn(CCc2cccs2)cc2c(=O)[nH]nc1-2. The summed E-state index contributed by atoms with van der Waals surface area (Å²) in [5.74, 6) is -0.503. The highest BCUT2D eigenvalue weighted by Gasteiger charge is 2.21. The van der Waals surface area contributed by atoms with E-state index in [1.165, 1.54) is 12.0 Å². The Bertz CT molecular complexity index is 788. The van der Waals surface area contributed by atoms with Crippen LogP contribution < -0.4 is 5.56 Å². The topological polar surface area (TPSA) is 77.0 Å². The molecule has 108 valence electrons. The van der Waals surface area contributed by atoms with E-state index in [1.807, 2.05) is 16.0 Å². The molecule has 3 heterocycles. The second kappa shape index (κ2) is 5.53. The number of aromatic amines is 1. The number of fused-ring (bicyclic) bond motifs is 1. The molecule has 0 unspecified atom stereocenters. The maximum atomic E-state index is 11.8. The molecule has 2 aliphatic heterocycles. The van der Waals surface area contributed by atoms with Crippen LogP contribution in [-0.4, -0.2) is 27.8 Å². The van der Waals surface area contributed by atoms with Gasteiger partial charge in [0.15, 0.2) is 0 Å². The zero-order valence-corrected chi connectivity index (χ0v) is 12.1. The van der Waals surface area contributed by atoms with Gasteiger partial charge < -0.3 is 9.30 Å². The van der Waals surface area contributed by atoms with E-state index in [-0.39, 0.29) is 5.56 Å². The molecule has 0 atom stereocenters. The van der Waals surface area contributed by atoms with Crippen molar-refractivity contribution in [3.63, 3.8) is 0 Å². The van der Waals surface area contributed by atoms with Crippen LogP contribution in [0, 0.1) is 0 Å². The predicted molar refractivity (Wildman–Crippen MR) is 78.8 cm³/mol. The maximum absolute atomic E-state index is 11.8.